The summed E-state index contributed by atoms with van der Waals surface area (Å²) in [5, 5.41) is 10.8. The lowest BCUT2D eigenvalue weighted by Gasteiger charge is -2.22. The molecule has 5 nitrogen and oxygen atoms in total. The van der Waals surface area contributed by atoms with E-state index in [0.717, 1.165) is 43.0 Å². The summed E-state index contributed by atoms with van der Waals surface area (Å²) in [5.74, 6) is 0.818. The molecule has 1 aliphatic rings. The summed E-state index contributed by atoms with van der Waals surface area (Å²) in [7, 11) is 1.92. The minimum atomic E-state index is 0. The van der Waals surface area contributed by atoms with Crippen molar-refractivity contribution in [2.24, 2.45) is 13.0 Å². The third-order valence-electron chi connectivity index (χ3n) is 4.27. The topological polar surface area (TPSA) is 59.0 Å². The molecule has 2 heterocycles. The first-order valence-electron chi connectivity index (χ1n) is 7.54. The van der Waals surface area contributed by atoms with Crippen LogP contribution in [0.1, 0.15) is 36.2 Å². The summed E-state index contributed by atoms with van der Waals surface area (Å²) in [6, 6.07) is 0. The molecule has 0 radical (unpaired) electrons. The van der Waals surface area contributed by atoms with Crippen LogP contribution in [0.4, 0.5) is 0 Å². The first kappa shape index (κ1) is 21.2. The van der Waals surface area contributed by atoms with Gasteiger partial charge in [0, 0.05) is 24.8 Å². The molecule has 1 amide bonds. The monoisotopic (exact) mass is 350 g/mol. The van der Waals surface area contributed by atoms with E-state index < -0.39 is 0 Å². The largest absolute Gasteiger partial charge is 0.356 e. The number of hydrogen-bond donors (Lipinski definition) is 2. The number of carbonyl (C=O) groups excluding carboxylic acids is 1. The van der Waals surface area contributed by atoms with Crippen molar-refractivity contribution in [3.8, 4) is 0 Å². The van der Waals surface area contributed by atoms with Crippen LogP contribution < -0.4 is 10.6 Å². The lowest BCUT2D eigenvalue weighted by Crippen LogP contribution is -2.33. The van der Waals surface area contributed by atoms with Crippen LogP contribution in [0.25, 0.3) is 0 Å². The number of piperidine rings is 1. The van der Waals surface area contributed by atoms with Gasteiger partial charge in [0.05, 0.1) is 12.1 Å². The van der Waals surface area contributed by atoms with Gasteiger partial charge >= 0.3 is 0 Å². The molecular weight excluding hydrogens is 323 g/mol. The molecule has 2 rings (SSSR count). The van der Waals surface area contributed by atoms with Crippen LogP contribution in [-0.4, -0.2) is 35.3 Å². The molecule has 1 aromatic heterocycles. The van der Waals surface area contributed by atoms with Crippen molar-refractivity contribution in [2.45, 2.75) is 39.5 Å². The SMILES string of the molecule is Cc1nn(C)c(C)c1CC(=O)NCCC1CCCNC1.Cl.Cl. The maximum Gasteiger partial charge on any atom is 0.224 e. The molecule has 0 aliphatic carbocycles. The van der Waals surface area contributed by atoms with E-state index in [0.29, 0.717) is 12.3 Å². The second-order valence-corrected chi connectivity index (χ2v) is 5.80. The van der Waals surface area contributed by atoms with Gasteiger partial charge in [0.2, 0.25) is 5.91 Å². The van der Waals surface area contributed by atoms with Crippen LogP contribution in [0.2, 0.25) is 0 Å². The van der Waals surface area contributed by atoms with Crippen molar-refractivity contribution in [3.05, 3.63) is 17.0 Å². The average Bonchev–Trinajstić information content (AvgIpc) is 2.67. The molecule has 1 unspecified atom stereocenters. The highest BCUT2D eigenvalue weighted by Crippen LogP contribution is 2.14. The lowest BCUT2D eigenvalue weighted by atomic mass is 9.96. The van der Waals surface area contributed by atoms with Crippen LogP contribution in [-0.2, 0) is 18.3 Å². The summed E-state index contributed by atoms with van der Waals surface area (Å²) in [5.41, 5.74) is 3.09. The fourth-order valence-corrected chi connectivity index (χ4v) is 2.88. The van der Waals surface area contributed by atoms with Crippen molar-refractivity contribution in [2.75, 3.05) is 19.6 Å². The van der Waals surface area contributed by atoms with E-state index in [1.807, 2.05) is 25.6 Å². The van der Waals surface area contributed by atoms with Gasteiger partial charge in [0.1, 0.15) is 0 Å². The van der Waals surface area contributed by atoms with Crippen molar-refractivity contribution in [1.82, 2.24) is 20.4 Å². The normalized spacial score (nSPS) is 17.3. The quantitative estimate of drug-likeness (QED) is 0.852. The second kappa shape index (κ2) is 10.1. The van der Waals surface area contributed by atoms with Crippen molar-refractivity contribution >= 4 is 30.7 Å². The third-order valence-corrected chi connectivity index (χ3v) is 4.27. The molecule has 2 N–H and O–H groups in total. The van der Waals surface area contributed by atoms with Gasteiger partial charge in [-0.25, -0.2) is 0 Å². The Bertz CT molecular complexity index is 470. The Balaban J connectivity index is 0.00000220. The van der Waals surface area contributed by atoms with E-state index in [1.165, 1.54) is 12.8 Å². The molecule has 0 saturated carbocycles. The molecule has 1 atom stereocenters. The third kappa shape index (κ3) is 5.78. The molecule has 0 aromatic carbocycles. The van der Waals surface area contributed by atoms with Gasteiger partial charge in [-0.05, 0) is 52.1 Å². The highest BCUT2D eigenvalue weighted by molar-refractivity contribution is 5.85. The maximum atomic E-state index is 12.0. The number of hydrogen-bond acceptors (Lipinski definition) is 3. The Morgan fingerprint density at radius 1 is 1.41 bits per heavy atom. The number of nitrogens with zero attached hydrogens (tertiary/aromatic N) is 2. The zero-order valence-electron chi connectivity index (χ0n) is 13.6. The second-order valence-electron chi connectivity index (χ2n) is 5.80. The first-order valence-corrected chi connectivity index (χ1v) is 7.54. The van der Waals surface area contributed by atoms with Gasteiger partial charge in [-0.1, -0.05) is 0 Å². The van der Waals surface area contributed by atoms with Crippen molar-refractivity contribution < 1.29 is 4.79 Å². The predicted molar refractivity (Wildman–Crippen MR) is 94.1 cm³/mol. The summed E-state index contributed by atoms with van der Waals surface area (Å²) in [6.07, 6.45) is 4.05. The fourth-order valence-electron chi connectivity index (χ4n) is 2.88. The fraction of sp³-hybridized carbons (Fsp3) is 0.733. The van der Waals surface area contributed by atoms with Gasteiger partial charge in [0.15, 0.2) is 0 Å². The van der Waals surface area contributed by atoms with Crippen LogP contribution in [0.3, 0.4) is 0 Å². The van der Waals surface area contributed by atoms with Gasteiger partial charge < -0.3 is 10.6 Å². The van der Waals surface area contributed by atoms with E-state index in [9.17, 15) is 4.79 Å². The van der Waals surface area contributed by atoms with Gasteiger partial charge in [-0.2, -0.15) is 5.10 Å². The van der Waals surface area contributed by atoms with Crippen LogP contribution in [0.15, 0.2) is 0 Å². The number of aryl methyl sites for hydroxylation is 2. The standard InChI is InChI=1S/C15H26N4O.2ClH/c1-11-14(12(2)19(3)18-11)9-15(20)17-8-6-13-5-4-7-16-10-13;;/h13,16H,4-10H2,1-3H3,(H,17,20);2*1H. The van der Waals surface area contributed by atoms with Crippen LogP contribution in [0.5, 0.6) is 0 Å². The minimum Gasteiger partial charge on any atom is -0.356 e. The van der Waals surface area contributed by atoms with Crippen molar-refractivity contribution in [1.29, 1.82) is 0 Å². The predicted octanol–water partition coefficient (Wildman–Crippen LogP) is 1.93. The van der Waals surface area contributed by atoms with Gasteiger partial charge in [-0.15, -0.1) is 24.8 Å². The highest BCUT2D eigenvalue weighted by atomic mass is 35.5. The Labute approximate surface area is 145 Å². The zero-order chi connectivity index (χ0) is 14.5. The lowest BCUT2D eigenvalue weighted by molar-refractivity contribution is -0.120. The van der Waals surface area contributed by atoms with E-state index in [2.05, 4.69) is 15.7 Å². The van der Waals surface area contributed by atoms with E-state index in [-0.39, 0.29) is 30.7 Å². The van der Waals surface area contributed by atoms with E-state index in [4.69, 9.17) is 0 Å². The average molecular weight is 351 g/mol. The Morgan fingerprint density at radius 2 is 2.14 bits per heavy atom. The number of rotatable bonds is 5. The molecule has 1 aliphatic heterocycles. The maximum absolute atomic E-state index is 12.0. The minimum absolute atomic E-state index is 0. The molecule has 1 saturated heterocycles. The van der Waals surface area contributed by atoms with Gasteiger partial charge in [-0.3, -0.25) is 9.48 Å². The van der Waals surface area contributed by atoms with E-state index in [1.54, 1.807) is 0 Å². The molecule has 128 valence electrons. The molecule has 0 bridgehead atoms. The molecule has 0 spiro atoms. The Kier molecular flexibility index (Phi) is 9.72. The van der Waals surface area contributed by atoms with Crippen molar-refractivity contribution in [3.63, 3.8) is 0 Å². The zero-order valence-corrected chi connectivity index (χ0v) is 15.3. The number of amides is 1. The number of aromatic nitrogens is 2. The molecule has 7 heteroatoms. The smallest absolute Gasteiger partial charge is 0.224 e. The molecule has 22 heavy (non-hydrogen) atoms. The number of nitrogens with one attached hydrogen (secondary N) is 2. The summed E-state index contributed by atoms with van der Waals surface area (Å²) >= 11 is 0. The summed E-state index contributed by atoms with van der Waals surface area (Å²) < 4.78 is 1.84. The van der Waals surface area contributed by atoms with Crippen LogP contribution in [0, 0.1) is 19.8 Å². The number of halogens is 2. The summed E-state index contributed by atoms with van der Waals surface area (Å²) in [4.78, 5) is 12.0. The Morgan fingerprint density at radius 3 is 2.68 bits per heavy atom. The molecular formula is C15H28Cl2N4O. The summed E-state index contributed by atoms with van der Waals surface area (Å²) in [6.45, 7) is 6.99. The highest BCUT2D eigenvalue weighted by Gasteiger charge is 2.15. The number of carbonyl (C=O) groups is 1. The van der Waals surface area contributed by atoms with Crippen LogP contribution >= 0.6 is 24.8 Å². The molecule has 1 fully saturated rings. The van der Waals surface area contributed by atoms with Gasteiger partial charge in [0.25, 0.3) is 0 Å². The van der Waals surface area contributed by atoms with E-state index >= 15 is 0 Å². The molecule has 1 aromatic rings. The first-order chi connectivity index (χ1) is 9.58. The Hall–Kier alpha value is -0.780.